The molecular formula is C20H30F3IN4O2. The van der Waals surface area contributed by atoms with Crippen LogP contribution in [-0.4, -0.2) is 63.7 Å². The molecule has 1 aromatic carbocycles. The number of aliphatic imine (C=N–C) groups is 1. The lowest BCUT2D eigenvalue weighted by Crippen LogP contribution is -2.48. The summed E-state index contributed by atoms with van der Waals surface area (Å²) < 4.78 is 45.1. The molecule has 2 N–H and O–H groups in total. The average Bonchev–Trinajstić information content (AvgIpc) is 2.70. The van der Waals surface area contributed by atoms with Gasteiger partial charge in [0, 0.05) is 45.8 Å². The molecule has 6 nitrogen and oxygen atoms in total. The number of hydrogen-bond donors (Lipinski definition) is 2. The molecule has 1 aromatic rings. The van der Waals surface area contributed by atoms with Crippen LogP contribution in [0.1, 0.15) is 30.9 Å². The van der Waals surface area contributed by atoms with Gasteiger partial charge in [-0.3, -0.25) is 4.79 Å². The number of rotatable bonds is 6. The molecule has 1 aliphatic heterocycles. The number of nitrogens with zero attached hydrogens (tertiary/aromatic N) is 2. The van der Waals surface area contributed by atoms with Crippen molar-refractivity contribution in [2.24, 2.45) is 4.99 Å². The van der Waals surface area contributed by atoms with Gasteiger partial charge in [0.2, 0.25) is 5.91 Å². The van der Waals surface area contributed by atoms with Gasteiger partial charge in [-0.1, -0.05) is 18.2 Å². The summed E-state index contributed by atoms with van der Waals surface area (Å²) in [7, 11) is 3.31. The van der Waals surface area contributed by atoms with Gasteiger partial charge in [0.15, 0.2) is 5.96 Å². The van der Waals surface area contributed by atoms with Crippen LogP contribution in [-0.2, 0) is 21.1 Å². The van der Waals surface area contributed by atoms with Crippen molar-refractivity contribution >= 4 is 35.8 Å². The van der Waals surface area contributed by atoms with E-state index >= 15 is 0 Å². The van der Waals surface area contributed by atoms with E-state index in [1.54, 1.807) is 20.2 Å². The molecular weight excluding hydrogens is 512 g/mol. The molecule has 0 spiro atoms. The molecule has 2 rings (SSSR count). The maximum absolute atomic E-state index is 13.2. The van der Waals surface area contributed by atoms with Crippen LogP contribution >= 0.6 is 24.0 Å². The first kappa shape index (κ1) is 26.5. The van der Waals surface area contributed by atoms with Crippen molar-refractivity contribution in [2.75, 3.05) is 46.9 Å². The van der Waals surface area contributed by atoms with E-state index in [2.05, 4.69) is 15.6 Å². The molecule has 1 saturated heterocycles. The van der Waals surface area contributed by atoms with Gasteiger partial charge in [-0.2, -0.15) is 13.2 Å². The van der Waals surface area contributed by atoms with Gasteiger partial charge in [0.25, 0.3) is 0 Å². The first-order valence-corrected chi connectivity index (χ1v) is 9.66. The highest BCUT2D eigenvalue weighted by molar-refractivity contribution is 14.0. The summed E-state index contributed by atoms with van der Waals surface area (Å²) in [6.45, 7) is 3.83. The molecule has 0 bridgehead atoms. The third-order valence-electron chi connectivity index (χ3n) is 5.06. The summed E-state index contributed by atoms with van der Waals surface area (Å²) in [5.41, 5.74) is -0.539. The molecule has 1 fully saturated rings. The Morgan fingerprint density at radius 3 is 2.47 bits per heavy atom. The van der Waals surface area contributed by atoms with Crippen LogP contribution in [0, 0.1) is 0 Å². The summed E-state index contributed by atoms with van der Waals surface area (Å²) in [6.07, 6.45) is -3.20. The third kappa shape index (κ3) is 7.29. The standard InChI is InChI=1S/C20H29F3N4O2.HI/c1-4-24-18(25-13-17(28)27(2)3)26-14-19(8-10-29-11-9-19)15-6-5-7-16(12-15)20(21,22)23;/h5-7,12H,4,8-11,13-14H2,1-3H3,(H2,24,25,26);1H. The van der Waals surface area contributed by atoms with Gasteiger partial charge in [0.05, 0.1) is 5.56 Å². The Hall–Kier alpha value is -1.56. The Balaban J connectivity index is 0.00000450. The molecule has 0 aliphatic carbocycles. The van der Waals surface area contributed by atoms with Crippen LogP contribution in [0.2, 0.25) is 0 Å². The number of halogens is 4. The Morgan fingerprint density at radius 1 is 1.23 bits per heavy atom. The van der Waals surface area contributed by atoms with E-state index in [0.29, 0.717) is 50.7 Å². The van der Waals surface area contributed by atoms with Gasteiger partial charge < -0.3 is 20.3 Å². The highest BCUT2D eigenvalue weighted by Gasteiger charge is 2.37. The predicted molar refractivity (Wildman–Crippen MR) is 121 cm³/mol. The van der Waals surface area contributed by atoms with Crippen molar-refractivity contribution in [3.05, 3.63) is 35.4 Å². The fourth-order valence-corrected chi connectivity index (χ4v) is 3.24. The number of hydrogen-bond acceptors (Lipinski definition) is 3. The number of carbonyl (C=O) groups is 1. The van der Waals surface area contributed by atoms with Crippen molar-refractivity contribution in [2.45, 2.75) is 31.4 Å². The number of likely N-dealkylation sites (N-methyl/N-ethyl adjacent to an activating group) is 1. The number of guanidine groups is 1. The number of alkyl halides is 3. The van der Waals surface area contributed by atoms with Gasteiger partial charge in [-0.05, 0) is 31.4 Å². The summed E-state index contributed by atoms with van der Waals surface area (Å²) in [4.78, 5) is 17.6. The minimum atomic E-state index is -4.39. The van der Waals surface area contributed by atoms with E-state index in [9.17, 15) is 18.0 Å². The molecule has 0 saturated carbocycles. The molecule has 1 heterocycles. The van der Waals surface area contributed by atoms with Crippen molar-refractivity contribution in [3.63, 3.8) is 0 Å². The van der Waals surface area contributed by atoms with E-state index < -0.39 is 17.2 Å². The lowest BCUT2D eigenvalue weighted by molar-refractivity contribution is -0.137. The van der Waals surface area contributed by atoms with Crippen LogP contribution in [0.4, 0.5) is 13.2 Å². The lowest BCUT2D eigenvalue weighted by Gasteiger charge is -2.38. The Kier molecular flexibility index (Phi) is 10.4. The van der Waals surface area contributed by atoms with Crippen LogP contribution in [0.25, 0.3) is 0 Å². The zero-order valence-electron chi connectivity index (χ0n) is 17.5. The summed E-state index contributed by atoms with van der Waals surface area (Å²) in [6, 6.07) is 5.50. The second-order valence-electron chi connectivity index (χ2n) is 7.31. The smallest absolute Gasteiger partial charge is 0.381 e. The molecule has 0 atom stereocenters. The minimum Gasteiger partial charge on any atom is -0.381 e. The average molecular weight is 542 g/mol. The van der Waals surface area contributed by atoms with Crippen molar-refractivity contribution in [3.8, 4) is 0 Å². The lowest BCUT2D eigenvalue weighted by atomic mass is 9.73. The number of ether oxygens (including phenoxy) is 1. The normalized spacial score (nSPS) is 16.4. The third-order valence-corrected chi connectivity index (χ3v) is 5.06. The van der Waals surface area contributed by atoms with E-state index in [-0.39, 0.29) is 36.4 Å². The first-order chi connectivity index (χ1) is 13.7. The largest absolute Gasteiger partial charge is 0.416 e. The monoisotopic (exact) mass is 542 g/mol. The van der Waals surface area contributed by atoms with E-state index in [4.69, 9.17) is 4.74 Å². The summed E-state index contributed by atoms with van der Waals surface area (Å²) in [5.74, 6) is 0.321. The van der Waals surface area contributed by atoms with Crippen LogP contribution in [0.15, 0.2) is 29.3 Å². The predicted octanol–water partition coefficient (Wildman–Crippen LogP) is 3.01. The van der Waals surface area contributed by atoms with Crippen molar-refractivity contribution in [1.82, 2.24) is 15.5 Å². The zero-order chi connectivity index (χ0) is 21.5. The molecule has 1 amide bonds. The van der Waals surface area contributed by atoms with Crippen molar-refractivity contribution < 1.29 is 22.7 Å². The fraction of sp³-hybridized carbons (Fsp3) is 0.600. The highest BCUT2D eigenvalue weighted by atomic mass is 127. The second-order valence-corrected chi connectivity index (χ2v) is 7.31. The number of benzene rings is 1. The minimum absolute atomic E-state index is 0. The molecule has 0 aromatic heterocycles. The first-order valence-electron chi connectivity index (χ1n) is 9.66. The summed E-state index contributed by atoms with van der Waals surface area (Å²) in [5, 5.41) is 6.29. The van der Waals surface area contributed by atoms with Crippen LogP contribution < -0.4 is 10.6 Å². The molecule has 10 heteroatoms. The maximum atomic E-state index is 13.2. The Bertz CT molecular complexity index is 720. The molecule has 0 unspecified atom stereocenters. The maximum Gasteiger partial charge on any atom is 0.416 e. The molecule has 0 radical (unpaired) electrons. The highest BCUT2D eigenvalue weighted by Crippen LogP contribution is 2.37. The number of amides is 1. The topological polar surface area (TPSA) is 66.0 Å². The molecule has 170 valence electrons. The van der Waals surface area contributed by atoms with Gasteiger partial charge in [-0.25, -0.2) is 4.99 Å². The number of nitrogens with one attached hydrogen (secondary N) is 2. The van der Waals surface area contributed by atoms with Gasteiger partial charge >= 0.3 is 6.18 Å². The fourth-order valence-electron chi connectivity index (χ4n) is 3.24. The van der Waals surface area contributed by atoms with E-state index in [0.717, 1.165) is 6.07 Å². The zero-order valence-corrected chi connectivity index (χ0v) is 19.8. The van der Waals surface area contributed by atoms with Gasteiger partial charge in [0.1, 0.15) is 6.54 Å². The SMILES string of the molecule is CCNC(=NCC(=O)N(C)C)NCC1(c2cccc(C(F)(F)F)c2)CCOCC1.I. The summed E-state index contributed by atoms with van der Waals surface area (Å²) >= 11 is 0. The second kappa shape index (κ2) is 11.7. The Labute approximate surface area is 192 Å². The van der Waals surface area contributed by atoms with E-state index in [1.807, 2.05) is 6.92 Å². The molecule has 1 aliphatic rings. The Morgan fingerprint density at radius 2 is 1.90 bits per heavy atom. The van der Waals surface area contributed by atoms with Gasteiger partial charge in [-0.15, -0.1) is 24.0 Å². The number of carbonyl (C=O) groups excluding carboxylic acids is 1. The quantitative estimate of drug-likeness (QED) is 0.330. The van der Waals surface area contributed by atoms with Crippen molar-refractivity contribution in [1.29, 1.82) is 0 Å². The van der Waals surface area contributed by atoms with E-state index in [1.165, 1.54) is 17.0 Å². The van der Waals surface area contributed by atoms with Crippen LogP contribution in [0.3, 0.4) is 0 Å². The molecule has 30 heavy (non-hydrogen) atoms. The van der Waals surface area contributed by atoms with Crippen LogP contribution in [0.5, 0.6) is 0 Å².